The minimum atomic E-state index is -0.525. The number of rotatable bonds is 5. The second kappa shape index (κ2) is 9.76. The van der Waals surface area contributed by atoms with Gasteiger partial charge in [-0.2, -0.15) is 5.26 Å². The molecule has 4 rings (SSSR count). The molecule has 2 amide bonds. The van der Waals surface area contributed by atoms with Gasteiger partial charge in [0.05, 0.1) is 5.25 Å². The lowest BCUT2D eigenvalue weighted by atomic mass is 10.1. The molecule has 0 radical (unpaired) electrons. The number of hydrogen-bond donors (Lipinski definition) is 1. The van der Waals surface area contributed by atoms with Crippen LogP contribution in [0.2, 0.25) is 0 Å². The van der Waals surface area contributed by atoms with Crippen molar-refractivity contribution in [1.29, 1.82) is 5.26 Å². The maximum Gasteiger partial charge on any atom is 0.269 e. The van der Waals surface area contributed by atoms with Crippen LogP contribution in [0.25, 0.3) is 0 Å². The maximum atomic E-state index is 13.5. The van der Waals surface area contributed by atoms with Crippen LogP contribution in [0.5, 0.6) is 0 Å². The highest BCUT2D eigenvalue weighted by atomic mass is 32.2. The van der Waals surface area contributed by atoms with Crippen LogP contribution in [0.15, 0.2) is 89.5 Å². The highest BCUT2D eigenvalue weighted by Crippen LogP contribution is 2.42. The van der Waals surface area contributed by atoms with Crippen LogP contribution >= 0.6 is 11.8 Å². The van der Waals surface area contributed by atoms with Gasteiger partial charge in [0.2, 0.25) is 5.91 Å². The van der Waals surface area contributed by atoms with Gasteiger partial charge in [-0.25, -0.2) is 0 Å². The molecule has 1 atom stereocenters. The van der Waals surface area contributed by atoms with E-state index in [9.17, 15) is 14.9 Å². The van der Waals surface area contributed by atoms with Crippen LogP contribution in [0, 0.1) is 25.2 Å². The predicted molar refractivity (Wildman–Crippen MR) is 133 cm³/mol. The van der Waals surface area contributed by atoms with Crippen molar-refractivity contribution in [3.05, 3.63) is 106 Å². The summed E-state index contributed by atoms with van der Waals surface area (Å²) in [6, 6.07) is 26.6. The van der Waals surface area contributed by atoms with Crippen LogP contribution < -0.4 is 10.2 Å². The normalized spacial score (nSPS) is 16.9. The number of carbonyl (C=O) groups excluding carboxylic acids is 2. The fraction of sp³-hybridized carbons (Fsp3) is 0.148. The first kappa shape index (κ1) is 22.4. The summed E-state index contributed by atoms with van der Waals surface area (Å²) in [6.07, 6.45) is 0.508. The molecule has 1 aliphatic heterocycles. The van der Waals surface area contributed by atoms with E-state index < -0.39 is 11.2 Å². The fourth-order valence-electron chi connectivity index (χ4n) is 3.70. The lowest BCUT2D eigenvalue weighted by Gasteiger charge is -2.19. The Morgan fingerprint density at radius 1 is 1.00 bits per heavy atom. The first-order valence-electron chi connectivity index (χ1n) is 10.6. The van der Waals surface area contributed by atoms with Crippen LogP contribution in [0.1, 0.15) is 16.7 Å². The number of aryl methyl sites for hydroxylation is 1. The molecule has 0 aliphatic carbocycles. The summed E-state index contributed by atoms with van der Waals surface area (Å²) in [4.78, 5) is 28.2. The Morgan fingerprint density at radius 3 is 2.33 bits per heavy atom. The number of carbonyl (C=O) groups is 2. The van der Waals surface area contributed by atoms with Crippen LogP contribution in [0.4, 0.5) is 11.4 Å². The molecular formula is C27H23N3O2S. The van der Waals surface area contributed by atoms with Crippen molar-refractivity contribution >= 4 is 35.0 Å². The largest absolute Gasteiger partial charge is 0.321 e. The number of nitrogens with zero attached hydrogens (tertiary/aromatic N) is 2. The summed E-state index contributed by atoms with van der Waals surface area (Å²) in [6.45, 7) is 3.88. The molecule has 0 spiro atoms. The van der Waals surface area contributed by atoms with E-state index in [4.69, 9.17) is 0 Å². The van der Waals surface area contributed by atoms with Gasteiger partial charge < -0.3 is 5.32 Å². The summed E-state index contributed by atoms with van der Waals surface area (Å²) in [5.74, 6) is -0.667. The Kier molecular flexibility index (Phi) is 6.62. The summed E-state index contributed by atoms with van der Waals surface area (Å²) >= 11 is 1.27. The van der Waals surface area contributed by atoms with Crippen molar-refractivity contribution < 1.29 is 9.59 Å². The molecule has 1 N–H and O–H groups in total. The third-order valence-electron chi connectivity index (χ3n) is 5.64. The second-order valence-corrected chi connectivity index (χ2v) is 8.99. The number of nitrogens with one attached hydrogen (secondary N) is 1. The molecule has 0 unspecified atom stereocenters. The van der Waals surface area contributed by atoms with Gasteiger partial charge in [0.1, 0.15) is 16.7 Å². The van der Waals surface area contributed by atoms with E-state index in [1.807, 2.05) is 74.5 Å². The van der Waals surface area contributed by atoms with Gasteiger partial charge in [0.25, 0.3) is 5.91 Å². The molecule has 0 aromatic heterocycles. The monoisotopic (exact) mass is 453 g/mol. The molecule has 1 heterocycles. The van der Waals surface area contributed by atoms with Crippen LogP contribution in [-0.4, -0.2) is 17.1 Å². The molecular weight excluding hydrogens is 430 g/mol. The Hall–Kier alpha value is -3.82. The van der Waals surface area contributed by atoms with Gasteiger partial charge in [-0.1, -0.05) is 72.4 Å². The molecule has 1 aliphatic rings. The first-order valence-corrected chi connectivity index (χ1v) is 11.5. The Labute approximate surface area is 197 Å². The lowest BCUT2D eigenvalue weighted by molar-refractivity contribution is -0.117. The Morgan fingerprint density at radius 2 is 1.67 bits per heavy atom. The number of amides is 2. The number of benzene rings is 3. The van der Waals surface area contributed by atoms with E-state index in [0.717, 1.165) is 16.7 Å². The average molecular weight is 454 g/mol. The lowest BCUT2D eigenvalue weighted by Crippen LogP contribution is -2.30. The number of anilines is 2. The van der Waals surface area contributed by atoms with E-state index in [-0.39, 0.29) is 11.5 Å². The van der Waals surface area contributed by atoms with Gasteiger partial charge >= 0.3 is 0 Å². The summed E-state index contributed by atoms with van der Waals surface area (Å²) in [5.41, 5.74) is 4.20. The molecule has 1 saturated heterocycles. The zero-order valence-corrected chi connectivity index (χ0v) is 19.2. The molecule has 164 valence electrons. The number of para-hydroxylation sites is 1. The van der Waals surface area contributed by atoms with Crippen molar-refractivity contribution in [3.63, 3.8) is 0 Å². The molecule has 1 fully saturated rings. The van der Waals surface area contributed by atoms with Crippen molar-refractivity contribution in [2.24, 2.45) is 0 Å². The van der Waals surface area contributed by atoms with Gasteiger partial charge in [-0.3, -0.25) is 14.5 Å². The standard InChI is InChI=1S/C27H23N3O2S/c1-18-10-9-15-23(19(18)2)29-25(31)22(17-28)27-30(21-13-7-4-8-14-21)26(32)24(33-27)16-20-11-5-3-6-12-20/h3-15,24H,16H2,1-2H3,(H,29,31)/b27-22+/t24-/m1/s1. The van der Waals surface area contributed by atoms with Gasteiger partial charge in [-0.15, -0.1) is 0 Å². The maximum absolute atomic E-state index is 13.5. The smallest absolute Gasteiger partial charge is 0.269 e. The average Bonchev–Trinajstić information content (AvgIpc) is 3.14. The molecule has 5 nitrogen and oxygen atoms in total. The van der Waals surface area contributed by atoms with E-state index in [1.54, 1.807) is 18.2 Å². The predicted octanol–water partition coefficient (Wildman–Crippen LogP) is 5.37. The highest BCUT2D eigenvalue weighted by molar-refractivity contribution is 8.05. The second-order valence-electron chi connectivity index (χ2n) is 7.80. The summed E-state index contributed by atoms with van der Waals surface area (Å²) in [7, 11) is 0. The number of hydrogen-bond acceptors (Lipinski definition) is 4. The van der Waals surface area contributed by atoms with E-state index in [2.05, 4.69) is 11.4 Å². The van der Waals surface area contributed by atoms with Crippen LogP contribution in [-0.2, 0) is 16.0 Å². The summed E-state index contributed by atoms with van der Waals surface area (Å²) < 4.78 is 0. The third kappa shape index (κ3) is 4.69. The van der Waals surface area contributed by atoms with Crippen LogP contribution in [0.3, 0.4) is 0 Å². The zero-order valence-electron chi connectivity index (χ0n) is 18.4. The first-order chi connectivity index (χ1) is 16.0. The van der Waals surface area contributed by atoms with Crippen molar-refractivity contribution in [2.75, 3.05) is 10.2 Å². The Bertz CT molecular complexity index is 1260. The SMILES string of the molecule is Cc1cccc(NC(=O)/C(C#N)=C2/S[C@H](Cc3ccccc3)C(=O)N2c2ccccc2)c1C. The van der Waals surface area contributed by atoms with Gasteiger partial charge in [0.15, 0.2) is 0 Å². The molecule has 3 aromatic carbocycles. The van der Waals surface area contributed by atoms with Gasteiger partial charge in [0, 0.05) is 11.4 Å². The third-order valence-corrected chi connectivity index (χ3v) is 6.90. The molecule has 0 bridgehead atoms. The molecule has 33 heavy (non-hydrogen) atoms. The van der Waals surface area contributed by atoms with E-state index in [1.165, 1.54) is 16.7 Å². The summed E-state index contributed by atoms with van der Waals surface area (Å²) in [5, 5.41) is 12.8. The van der Waals surface area contributed by atoms with Crippen molar-refractivity contribution in [3.8, 4) is 6.07 Å². The minimum absolute atomic E-state index is 0.0753. The van der Waals surface area contributed by atoms with Gasteiger partial charge in [-0.05, 0) is 55.2 Å². The van der Waals surface area contributed by atoms with E-state index >= 15 is 0 Å². The highest BCUT2D eigenvalue weighted by Gasteiger charge is 2.40. The Balaban J connectivity index is 1.73. The molecule has 6 heteroatoms. The minimum Gasteiger partial charge on any atom is -0.321 e. The fourth-order valence-corrected chi connectivity index (χ4v) is 5.01. The quantitative estimate of drug-likeness (QED) is 0.416. The van der Waals surface area contributed by atoms with Crippen molar-refractivity contribution in [2.45, 2.75) is 25.5 Å². The topological polar surface area (TPSA) is 73.2 Å². The molecule has 3 aromatic rings. The molecule has 0 saturated carbocycles. The number of thioether (sulfide) groups is 1. The zero-order chi connectivity index (χ0) is 23.4. The van der Waals surface area contributed by atoms with E-state index in [0.29, 0.717) is 22.8 Å². The number of nitriles is 1. The van der Waals surface area contributed by atoms with Crippen molar-refractivity contribution in [1.82, 2.24) is 0 Å².